The highest BCUT2D eigenvalue weighted by Crippen LogP contribution is 2.19. The normalized spacial score (nSPS) is 11.2. The molecule has 0 amide bonds. The molecular formula is C15H16N4O2. The van der Waals surface area contributed by atoms with Gasteiger partial charge < -0.3 is 8.94 Å². The van der Waals surface area contributed by atoms with Gasteiger partial charge in [0.25, 0.3) is 0 Å². The Morgan fingerprint density at radius 3 is 2.71 bits per heavy atom. The van der Waals surface area contributed by atoms with E-state index in [4.69, 9.17) is 8.94 Å². The fourth-order valence-corrected chi connectivity index (χ4v) is 2.13. The summed E-state index contributed by atoms with van der Waals surface area (Å²) in [7, 11) is 2.00. The molecule has 0 fully saturated rings. The molecule has 0 bridgehead atoms. The van der Waals surface area contributed by atoms with Crippen LogP contribution in [0.4, 0.5) is 0 Å². The van der Waals surface area contributed by atoms with Crippen molar-refractivity contribution in [3.63, 3.8) is 0 Å². The lowest BCUT2D eigenvalue weighted by Crippen LogP contribution is -2.17. The van der Waals surface area contributed by atoms with Crippen LogP contribution >= 0.6 is 0 Å². The molecule has 0 aliphatic rings. The second kappa shape index (κ2) is 5.88. The minimum atomic E-state index is 0.657. The van der Waals surface area contributed by atoms with Gasteiger partial charge in [0, 0.05) is 37.5 Å². The Kier molecular flexibility index (Phi) is 3.79. The number of rotatable bonds is 5. The predicted octanol–water partition coefficient (Wildman–Crippen LogP) is 2.67. The van der Waals surface area contributed by atoms with Crippen molar-refractivity contribution in [1.82, 2.24) is 20.0 Å². The van der Waals surface area contributed by atoms with Crippen LogP contribution < -0.4 is 0 Å². The minimum absolute atomic E-state index is 0.657. The molecule has 108 valence electrons. The fourth-order valence-electron chi connectivity index (χ4n) is 2.13. The molecule has 3 aromatic rings. The Bertz CT molecular complexity index is 705. The smallest absolute Gasteiger partial charge is 0.191 e. The molecule has 0 radical (unpaired) electrons. The lowest BCUT2D eigenvalue weighted by molar-refractivity contribution is 0.264. The van der Waals surface area contributed by atoms with E-state index in [1.54, 1.807) is 18.7 Å². The fraction of sp³-hybridized carbons (Fsp3) is 0.267. The van der Waals surface area contributed by atoms with Crippen molar-refractivity contribution < 1.29 is 8.94 Å². The lowest BCUT2D eigenvalue weighted by Gasteiger charge is -2.11. The van der Waals surface area contributed by atoms with E-state index in [1.807, 2.05) is 32.2 Å². The first-order valence-electron chi connectivity index (χ1n) is 6.66. The maximum atomic E-state index is 5.38. The Balaban J connectivity index is 1.64. The van der Waals surface area contributed by atoms with Crippen LogP contribution in [0.5, 0.6) is 0 Å². The summed E-state index contributed by atoms with van der Waals surface area (Å²) < 4.78 is 10.6. The number of aryl methyl sites for hydroxylation is 1. The van der Waals surface area contributed by atoms with Gasteiger partial charge in [-0.05, 0) is 19.2 Å². The summed E-state index contributed by atoms with van der Waals surface area (Å²) in [4.78, 5) is 10.4. The van der Waals surface area contributed by atoms with Gasteiger partial charge >= 0.3 is 0 Å². The van der Waals surface area contributed by atoms with Crippen molar-refractivity contribution in [3.8, 4) is 11.3 Å². The average Bonchev–Trinajstić information content (AvgIpc) is 3.09. The number of hydrogen-bond donors (Lipinski definition) is 0. The van der Waals surface area contributed by atoms with Crippen LogP contribution in [0.1, 0.15) is 17.3 Å². The highest BCUT2D eigenvalue weighted by atomic mass is 16.5. The zero-order valence-corrected chi connectivity index (χ0v) is 12.0. The Hall–Kier alpha value is -2.47. The standard InChI is InChI=1S/C15H16N4O2/c1-11-17-13(10-20-11)8-19(2)9-14-7-15(18-21-14)12-3-5-16-6-4-12/h3-7,10H,8-9H2,1-2H3. The number of nitrogens with zero attached hydrogens (tertiary/aromatic N) is 4. The number of hydrogen-bond acceptors (Lipinski definition) is 6. The highest BCUT2D eigenvalue weighted by Gasteiger charge is 2.10. The van der Waals surface area contributed by atoms with Gasteiger partial charge in [-0.15, -0.1) is 0 Å². The van der Waals surface area contributed by atoms with Crippen LogP contribution in [0, 0.1) is 6.92 Å². The van der Waals surface area contributed by atoms with Gasteiger partial charge in [-0.2, -0.15) is 0 Å². The Morgan fingerprint density at radius 2 is 2.00 bits per heavy atom. The van der Waals surface area contributed by atoms with Gasteiger partial charge in [0.1, 0.15) is 12.0 Å². The highest BCUT2D eigenvalue weighted by molar-refractivity contribution is 5.57. The predicted molar refractivity (Wildman–Crippen MR) is 76.1 cm³/mol. The summed E-state index contributed by atoms with van der Waals surface area (Å²) in [5, 5.41) is 4.09. The third-order valence-corrected chi connectivity index (χ3v) is 3.06. The van der Waals surface area contributed by atoms with Gasteiger partial charge in [-0.3, -0.25) is 9.88 Å². The van der Waals surface area contributed by atoms with Crippen molar-refractivity contribution in [3.05, 3.63) is 54.2 Å². The molecular weight excluding hydrogens is 268 g/mol. The first-order valence-corrected chi connectivity index (χ1v) is 6.66. The minimum Gasteiger partial charge on any atom is -0.449 e. The van der Waals surface area contributed by atoms with Gasteiger partial charge in [-0.25, -0.2) is 4.98 Å². The Labute approximate surface area is 122 Å². The Morgan fingerprint density at radius 1 is 1.19 bits per heavy atom. The van der Waals surface area contributed by atoms with Crippen LogP contribution in [-0.2, 0) is 13.1 Å². The SMILES string of the molecule is Cc1nc(CN(C)Cc2cc(-c3ccncc3)no2)co1. The summed E-state index contributed by atoms with van der Waals surface area (Å²) in [6, 6.07) is 5.76. The zero-order valence-electron chi connectivity index (χ0n) is 12.0. The molecule has 0 N–H and O–H groups in total. The average molecular weight is 284 g/mol. The quantitative estimate of drug-likeness (QED) is 0.717. The molecule has 0 saturated carbocycles. The van der Waals surface area contributed by atoms with Crippen LogP contribution in [0.15, 0.2) is 45.8 Å². The summed E-state index contributed by atoms with van der Waals surface area (Å²) in [6.45, 7) is 3.19. The molecule has 3 heterocycles. The van der Waals surface area contributed by atoms with Gasteiger partial charge in [0.15, 0.2) is 11.7 Å². The third kappa shape index (κ3) is 3.35. The zero-order chi connectivity index (χ0) is 14.7. The van der Waals surface area contributed by atoms with Crippen LogP contribution in [0.25, 0.3) is 11.3 Å². The summed E-state index contributed by atoms with van der Waals surface area (Å²) >= 11 is 0. The summed E-state index contributed by atoms with van der Waals surface area (Å²) in [5.74, 6) is 1.49. The first-order chi connectivity index (χ1) is 10.2. The van der Waals surface area contributed by atoms with Crippen molar-refractivity contribution in [1.29, 1.82) is 0 Å². The van der Waals surface area contributed by atoms with E-state index >= 15 is 0 Å². The van der Waals surface area contributed by atoms with Crippen LogP contribution in [-0.4, -0.2) is 27.1 Å². The van der Waals surface area contributed by atoms with Crippen LogP contribution in [0.2, 0.25) is 0 Å². The van der Waals surface area contributed by atoms with Crippen molar-refractivity contribution in [2.75, 3.05) is 7.05 Å². The van der Waals surface area contributed by atoms with Crippen molar-refractivity contribution >= 4 is 0 Å². The molecule has 6 heteroatoms. The number of oxazole rings is 1. The molecule has 0 saturated heterocycles. The van der Waals surface area contributed by atoms with Crippen molar-refractivity contribution in [2.24, 2.45) is 0 Å². The van der Waals surface area contributed by atoms with Crippen molar-refractivity contribution in [2.45, 2.75) is 20.0 Å². The monoisotopic (exact) mass is 284 g/mol. The number of aromatic nitrogens is 3. The summed E-state index contributed by atoms with van der Waals surface area (Å²) in [5.41, 5.74) is 2.72. The molecule has 0 spiro atoms. The molecule has 0 aliphatic heterocycles. The van der Waals surface area contributed by atoms with Gasteiger partial charge in [-0.1, -0.05) is 5.16 Å². The molecule has 21 heavy (non-hydrogen) atoms. The molecule has 3 rings (SSSR count). The van der Waals surface area contributed by atoms with E-state index in [-0.39, 0.29) is 0 Å². The molecule has 0 atom stereocenters. The maximum absolute atomic E-state index is 5.38. The van der Waals surface area contributed by atoms with E-state index in [1.165, 1.54) is 0 Å². The van der Waals surface area contributed by atoms with Crippen LogP contribution in [0.3, 0.4) is 0 Å². The third-order valence-electron chi connectivity index (χ3n) is 3.06. The van der Waals surface area contributed by atoms with E-state index in [0.29, 0.717) is 19.0 Å². The van der Waals surface area contributed by atoms with E-state index in [0.717, 1.165) is 22.7 Å². The van der Waals surface area contributed by atoms with E-state index in [9.17, 15) is 0 Å². The molecule has 6 nitrogen and oxygen atoms in total. The molecule has 0 aliphatic carbocycles. The molecule has 0 aromatic carbocycles. The molecule has 0 unspecified atom stereocenters. The first kappa shape index (κ1) is 13.5. The lowest BCUT2D eigenvalue weighted by atomic mass is 10.2. The second-order valence-corrected chi connectivity index (χ2v) is 4.94. The van der Waals surface area contributed by atoms with Gasteiger partial charge in [0.2, 0.25) is 0 Å². The largest absolute Gasteiger partial charge is 0.449 e. The maximum Gasteiger partial charge on any atom is 0.191 e. The number of pyridine rings is 1. The van der Waals surface area contributed by atoms with E-state index in [2.05, 4.69) is 20.0 Å². The second-order valence-electron chi connectivity index (χ2n) is 4.94. The topological polar surface area (TPSA) is 68.2 Å². The summed E-state index contributed by atoms with van der Waals surface area (Å²) in [6.07, 6.45) is 5.15. The molecule has 3 aromatic heterocycles. The van der Waals surface area contributed by atoms with E-state index < -0.39 is 0 Å². The van der Waals surface area contributed by atoms with Gasteiger partial charge in [0.05, 0.1) is 12.2 Å².